The molecule has 8 aromatic rings. The van der Waals surface area contributed by atoms with Crippen LogP contribution in [0.5, 0.6) is 69.0 Å². The Morgan fingerprint density at radius 3 is 0.741 bits per heavy atom. The van der Waals surface area contributed by atoms with Crippen LogP contribution < -0.4 is 70.0 Å². The van der Waals surface area contributed by atoms with Crippen molar-refractivity contribution in [2.45, 2.75) is 0 Å². The zero-order valence-corrected chi connectivity index (χ0v) is 31.9. The van der Waals surface area contributed by atoms with Gasteiger partial charge in [0, 0.05) is 40.1 Å². The molecule has 0 aliphatic carbocycles. The normalized spacial score (nSPS) is 15.5. The van der Waals surface area contributed by atoms with Gasteiger partial charge in [-0.15, -0.1) is 0 Å². The van der Waals surface area contributed by atoms with E-state index in [0.29, 0.717) is 0 Å². The van der Waals surface area contributed by atoms with E-state index in [9.17, 15) is 0 Å². The van der Waals surface area contributed by atoms with Crippen molar-refractivity contribution in [2.75, 3.05) is 9.80 Å². The summed E-state index contributed by atoms with van der Waals surface area (Å²) in [4.78, 5) is 4.63. The summed E-state index contributed by atoms with van der Waals surface area (Å²) in [5.74, 6) is 9.89. The molecule has 7 heterocycles. The molecule has 58 heavy (non-hydrogen) atoms. The van der Waals surface area contributed by atoms with E-state index in [-0.39, 0.29) is 0 Å². The number of rotatable bonds is 2. The Balaban J connectivity index is 0.914. The van der Waals surface area contributed by atoms with Gasteiger partial charge >= 0.3 is 0 Å². The second kappa shape index (κ2) is 10.5. The molecular weight excluding hydrogens is 762 g/mol. The van der Waals surface area contributed by atoms with Gasteiger partial charge in [0.1, 0.15) is 69.0 Å². The van der Waals surface area contributed by atoms with Gasteiger partial charge in [0.05, 0.1) is 66.0 Å². The molecule has 0 bridgehead atoms. The van der Waals surface area contributed by atoms with E-state index in [2.05, 4.69) is 82.6 Å². The molecule has 0 saturated heterocycles. The minimum absolute atomic E-state index is 0.799. The lowest BCUT2D eigenvalue weighted by atomic mass is 10.0. The Morgan fingerprint density at radius 1 is 0.259 bits per heavy atom. The van der Waals surface area contributed by atoms with E-state index in [1.54, 1.807) is 0 Å². The fraction of sp³-hybridized carbons (Fsp3) is 0. The van der Waals surface area contributed by atoms with Gasteiger partial charge in [-0.2, -0.15) is 0 Å². The molecule has 0 spiro atoms. The zero-order chi connectivity index (χ0) is 37.4. The number of anilines is 6. The van der Waals surface area contributed by atoms with E-state index in [1.807, 2.05) is 72.8 Å². The summed E-state index contributed by atoms with van der Waals surface area (Å²) in [7, 11) is -1.89. The first-order chi connectivity index (χ1) is 28.7. The molecule has 8 aromatic carbocycles. The van der Waals surface area contributed by atoms with Gasteiger partial charge in [-0.25, -0.2) is 0 Å². The van der Waals surface area contributed by atoms with Crippen molar-refractivity contribution in [3.63, 3.8) is 0 Å². The van der Waals surface area contributed by atoms with Crippen LogP contribution in [-0.4, -0.2) is 0 Å². The molecule has 272 valence electrons. The molecule has 0 N–H and O–H groups in total. The average molecular weight is 787 g/mol. The third-order valence-electron chi connectivity index (χ3n) is 11.8. The van der Waals surface area contributed by atoms with Crippen LogP contribution in [0.2, 0.25) is 0 Å². The van der Waals surface area contributed by atoms with E-state index < -0.39 is 15.8 Å². The molecule has 7 aliphatic rings. The molecule has 0 aromatic heterocycles. The third-order valence-corrected chi connectivity index (χ3v) is 17.1. The highest BCUT2D eigenvalue weighted by Crippen LogP contribution is 2.63. The number of nitrogens with zero attached hydrogens (tertiary/aromatic N) is 2. The van der Waals surface area contributed by atoms with E-state index in [4.69, 9.17) is 28.4 Å². The Hall–Kier alpha value is -6.98. The molecule has 0 atom stereocenters. The lowest BCUT2D eigenvalue weighted by Crippen LogP contribution is -2.36. The quantitative estimate of drug-likeness (QED) is 0.161. The largest absolute Gasteiger partial charge is 0.456 e. The summed E-state index contributed by atoms with van der Waals surface area (Å²) >= 11 is 0. The van der Waals surface area contributed by atoms with Gasteiger partial charge in [-0.1, -0.05) is 48.5 Å². The summed E-state index contributed by atoms with van der Waals surface area (Å²) in [6.07, 6.45) is 0. The molecule has 0 fully saturated rings. The number of ether oxygens (including phenoxy) is 6. The summed E-state index contributed by atoms with van der Waals surface area (Å²) in [5, 5.41) is 6.59. The monoisotopic (exact) mass is 786 g/mol. The lowest BCUT2D eigenvalue weighted by Gasteiger charge is -2.43. The van der Waals surface area contributed by atoms with Gasteiger partial charge in [0.2, 0.25) is 0 Å². The molecule has 15 rings (SSSR count). The van der Waals surface area contributed by atoms with E-state index in [0.717, 1.165) is 135 Å². The number of para-hydroxylation sites is 4. The predicted octanol–water partition coefficient (Wildman–Crippen LogP) is 11.1. The molecule has 8 nitrogen and oxygen atoms in total. The van der Waals surface area contributed by atoms with Crippen LogP contribution in [0.25, 0.3) is 0 Å². The molecule has 0 unspecified atom stereocenters. The maximum absolute atomic E-state index is 6.79. The fourth-order valence-electron chi connectivity index (χ4n) is 9.58. The maximum Gasteiger partial charge on any atom is 0.141 e. The van der Waals surface area contributed by atoms with Gasteiger partial charge in [-0.05, 0) is 72.8 Å². The number of fused-ring (bicyclic) bond motifs is 2. The predicted molar refractivity (Wildman–Crippen MR) is 227 cm³/mol. The van der Waals surface area contributed by atoms with E-state index >= 15 is 0 Å². The van der Waals surface area contributed by atoms with Gasteiger partial charge < -0.3 is 38.2 Å². The SMILES string of the molecule is c1cc2c3c(c1)Oc1cc(N4c5ccccc5N(c5cc6c7c(c5)Oc5cccc8c5P7c5c(cccc5O6)O8)c5ccccc54)cc4c1P3c1c(cccc1O4)O2. The topological polar surface area (TPSA) is 61.9 Å². The maximum atomic E-state index is 6.79. The average Bonchev–Trinajstić information content (AvgIpc) is 3.25. The number of hydrogen-bond donors (Lipinski definition) is 0. The lowest BCUT2D eigenvalue weighted by molar-refractivity contribution is 0.445. The second-order valence-corrected chi connectivity index (χ2v) is 18.9. The van der Waals surface area contributed by atoms with Crippen LogP contribution >= 0.6 is 15.8 Å². The molecule has 0 radical (unpaired) electrons. The van der Waals surface area contributed by atoms with Crippen molar-refractivity contribution < 1.29 is 28.4 Å². The van der Waals surface area contributed by atoms with Crippen molar-refractivity contribution in [1.82, 2.24) is 0 Å². The Bertz CT molecular complexity index is 2840. The Kier molecular flexibility index (Phi) is 5.46. The number of hydrogen-bond acceptors (Lipinski definition) is 8. The highest BCUT2D eigenvalue weighted by molar-refractivity contribution is 7.81. The van der Waals surface area contributed by atoms with Crippen LogP contribution in [0.1, 0.15) is 0 Å². The molecular formula is C48H24N2O6P2. The third kappa shape index (κ3) is 3.69. The number of benzene rings is 8. The smallest absolute Gasteiger partial charge is 0.141 e. The molecule has 10 heteroatoms. The van der Waals surface area contributed by atoms with Crippen LogP contribution in [0, 0.1) is 0 Å². The minimum Gasteiger partial charge on any atom is -0.456 e. The van der Waals surface area contributed by atoms with Crippen molar-refractivity contribution >= 4 is 81.8 Å². The highest BCUT2D eigenvalue weighted by atomic mass is 31.1. The van der Waals surface area contributed by atoms with Crippen LogP contribution in [0.3, 0.4) is 0 Å². The standard InChI is InChI=1S/C48H24N2O6P2/c1-2-10-28-27(9-1)49(25-21-39-47-40(22-25)54-36-18-6-14-32-44(36)57(47)43-31(51-32)13-5-17-35(43)53-39)29-11-3-4-12-30(29)50(28)26-23-41-48-42(24-26)56-38-20-8-16-34-46(38)58(48)45-33(52-34)15-7-19-37(45)55-41/h1-24H. The second-order valence-electron chi connectivity index (χ2n) is 14.9. The molecule has 0 amide bonds. The van der Waals surface area contributed by atoms with Crippen molar-refractivity contribution in [3.8, 4) is 69.0 Å². The Labute approximate surface area is 333 Å². The van der Waals surface area contributed by atoms with Crippen molar-refractivity contribution in [1.29, 1.82) is 0 Å². The first-order valence-electron chi connectivity index (χ1n) is 19.1. The van der Waals surface area contributed by atoms with Crippen LogP contribution in [0.15, 0.2) is 146 Å². The van der Waals surface area contributed by atoms with Gasteiger partial charge in [0.25, 0.3) is 0 Å². The van der Waals surface area contributed by atoms with Crippen molar-refractivity contribution in [2.24, 2.45) is 0 Å². The molecule has 0 saturated carbocycles. The summed E-state index contributed by atoms with van der Waals surface area (Å²) in [5.41, 5.74) is 5.90. The zero-order valence-electron chi connectivity index (χ0n) is 30.1. The molecule has 7 aliphatic heterocycles. The highest BCUT2D eigenvalue weighted by Gasteiger charge is 2.46. The summed E-state index contributed by atoms with van der Waals surface area (Å²) in [6, 6.07) is 50.1. The minimum atomic E-state index is -0.946. The van der Waals surface area contributed by atoms with Crippen molar-refractivity contribution in [3.05, 3.63) is 146 Å². The van der Waals surface area contributed by atoms with Crippen LogP contribution in [0.4, 0.5) is 34.1 Å². The Morgan fingerprint density at radius 2 is 0.483 bits per heavy atom. The first-order valence-corrected chi connectivity index (χ1v) is 21.8. The van der Waals surface area contributed by atoms with Gasteiger partial charge in [0.15, 0.2) is 0 Å². The summed E-state index contributed by atoms with van der Waals surface area (Å²) < 4.78 is 40.0. The van der Waals surface area contributed by atoms with Gasteiger partial charge in [-0.3, -0.25) is 0 Å². The van der Waals surface area contributed by atoms with E-state index in [1.165, 1.54) is 0 Å². The summed E-state index contributed by atoms with van der Waals surface area (Å²) in [6.45, 7) is 0. The fourth-order valence-corrected chi connectivity index (χ4v) is 15.0. The first kappa shape index (κ1) is 30.2. The van der Waals surface area contributed by atoms with Crippen LogP contribution in [-0.2, 0) is 0 Å².